The van der Waals surface area contributed by atoms with Gasteiger partial charge in [-0.05, 0) is 36.6 Å². The monoisotopic (exact) mass is 352 g/mol. The van der Waals surface area contributed by atoms with Crippen LogP contribution >= 0.6 is 11.6 Å². The molecule has 4 nitrogen and oxygen atoms in total. The molecule has 0 atom stereocenters. The highest BCUT2D eigenvalue weighted by atomic mass is 35.5. The lowest BCUT2D eigenvalue weighted by molar-refractivity contribution is 0.975. The largest absolute Gasteiger partial charge is 0.370 e. The van der Waals surface area contributed by atoms with Crippen molar-refractivity contribution in [1.29, 1.82) is 0 Å². The van der Waals surface area contributed by atoms with E-state index < -0.39 is 0 Å². The first-order valence-corrected chi connectivity index (χ1v) is 8.68. The second kappa shape index (κ2) is 8.49. The molecular formula is C20H21ClN4. The molecule has 0 spiro atoms. The minimum Gasteiger partial charge on any atom is -0.370 e. The number of nitrogens with zero attached hydrogens (tertiary/aromatic N) is 2. The van der Waals surface area contributed by atoms with E-state index in [9.17, 15) is 0 Å². The Hall–Kier alpha value is -2.59. The molecule has 5 heteroatoms. The van der Waals surface area contributed by atoms with Gasteiger partial charge in [-0.25, -0.2) is 9.97 Å². The first kappa shape index (κ1) is 17.2. The number of aryl methyl sites for hydroxylation is 1. The number of hydrogen-bond donors (Lipinski definition) is 2. The van der Waals surface area contributed by atoms with Gasteiger partial charge in [0.05, 0.1) is 0 Å². The van der Waals surface area contributed by atoms with Crippen LogP contribution in [0, 0.1) is 6.92 Å². The molecule has 0 saturated carbocycles. The van der Waals surface area contributed by atoms with Crippen molar-refractivity contribution >= 4 is 23.2 Å². The van der Waals surface area contributed by atoms with Gasteiger partial charge in [0.25, 0.3) is 0 Å². The van der Waals surface area contributed by atoms with Crippen LogP contribution in [0.25, 0.3) is 0 Å². The molecule has 2 N–H and O–H groups in total. The van der Waals surface area contributed by atoms with Crippen LogP contribution in [-0.4, -0.2) is 16.5 Å². The lowest BCUT2D eigenvalue weighted by atomic mass is 10.1. The van der Waals surface area contributed by atoms with Crippen molar-refractivity contribution in [3.8, 4) is 0 Å². The van der Waals surface area contributed by atoms with Gasteiger partial charge in [-0.15, -0.1) is 0 Å². The zero-order valence-corrected chi connectivity index (χ0v) is 14.9. The van der Waals surface area contributed by atoms with E-state index in [1.54, 1.807) is 0 Å². The van der Waals surface area contributed by atoms with Gasteiger partial charge in [0, 0.05) is 24.2 Å². The fourth-order valence-corrected chi connectivity index (χ4v) is 2.78. The molecule has 1 heterocycles. The average Bonchev–Trinajstić information content (AvgIpc) is 2.61. The Bertz CT molecular complexity index is 821. The van der Waals surface area contributed by atoms with E-state index in [0.717, 1.165) is 42.0 Å². The number of benzene rings is 2. The summed E-state index contributed by atoms with van der Waals surface area (Å²) in [5.41, 5.74) is 2.42. The van der Waals surface area contributed by atoms with Gasteiger partial charge in [0.1, 0.15) is 17.5 Å². The van der Waals surface area contributed by atoms with Crippen molar-refractivity contribution in [2.24, 2.45) is 0 Å². The summed E-state index contributed by atoms with van der Waals surface area (Å²) < 4.78 is 0. The molecule has 3 aromatic rings. The van der Waals surface area contributed by atoms with Gasteiger partial charge >= 0.3 is 0 Å². The molecule has 0 aliphatic heterocycles. The maximum atomic E-state index is 6.02. The summed E-state index contributed by atoms with van der Waals surface area (Å²) in [5.74, 6) is 2.38. The summed E-state index contributed by atoms with van der Waals surface area (Å²) >= 11 is 6.02. The lowest BCUT2D eigenvalue weighted by Crippen LogP contribution is -2.09. The van der Waals surface area contributed by atoms with Crippen LogP contribution < -0.4 is 10.6 Å². The Morgan fingerprint density at radius 2 is 1.56 bits per heavy atom. The van der Waals surface area contributed by atoms with E-state index in [1.807, 2.05) is 49.4 Å². The second-order valence-electron chi connectivity index (χ2n) is 5.83. The summed E-state index contributed by atoms with van der Waals surface area (Å²) in [6, 6.07) is 20.1. The SMILES string of the molecule is Cc1nc(NCCc2cccc(Cl)c2)cc(NCc2ccccc2)n1. The molecule has 128 valence electrons. The van der Waals surface area contributed by atoms with Crippen LogP contribution in [0.2, 0.25) is 5.02 Å². The highest BCUT2D eigenvalue weighted by Crippen LogP contribution is 2.14. The molecule has 0 aliphatic carbocycles. The molecule has 0 unspecified atom stereocenters. The molecule has 25 heavy (non-hydrogen) atoms. The van der Waals surface area contributed by atoms with Crippen molar-refractivity contribution < 1.29 is 0 Å². The molecular weight excluding hydrogens is 332 g/mol. The highest BCUT2D eigenvalue weighted by molar-refractivity contribution is 6.30. The van der Waals surface area contributed by atoms with Gasteiger partial charge in [0.2, 0.25) is 0 Å². The number of halogens is 1. The molecule has 0 saturated heterocycles. The smallest absolute Gasteiger partial charge is 0.132 e. The molecule has 0 fully saturated rings. The fraction of sp³-hybridized carbons (Fsp3) is 0.200. The first-order chi connectivity index (χ1) is 12.2. The van der Waals surface area contributed by atoms with Crippen LogP contribution in [0.5, 0.6) is 0 Å². The lowest BCUT2D eigenvalue weighted by Gasteiger charge is -2.10. The predicted molar refractivity (Wildman–Crippen MR) is 104 cm³/mol. The maximum Gasteiger partial charge on any atom is 0.132 e. The Kier molecular flexibility index (Phi) is 5.86. The third-order valence-corrected chi connectivity index (χ3v) is 4.00. The molecule has 2 aromatic carbocycles. The van der Waals surface area contributed by atoms with Crippen LogP contribution in [0.1, 0.15) is 17.0 Å². The Labute approximate surface area is 153 Å². The van der Waals surface area contributed by atoms with E-state index >= 15 is 0 Å². The number of aromatic nitrogens is 2. The van der Waals surface area contributed by atoms with Gasteiger partial charge in [-0.3, -0.25) is 0 Å². The van der Waals surface area contributed by atoms with Crippen molar-refractivity contribution in [3.05, 3.63) is 82.6 Å². The van der Waals surface area contributed by atoms with Crippen LogP contribution in [0.3, 0.4) is 0 Å². The molecule has 3 rings (SSSR count). The molecule has 0 amide bonds. The topological polar surface area (TPSA) is 49.8 Å². The zero-order valence-electron chi connectivity index (χ0n) is 14.2. The van der Waals surface area contributed by atoms with E-state index in [2.05, 4.69) is 38.8 Å². The minimum atomic E-state index is 0.735. The first-order valence-electron chi connectivity index (χ1n) is 8.31. The number of hydrogen-bond acceptors (Lipinski definition) is 4. The van der Waals surface area contributed by atoms with E-state index in [0.29, 0.717) is 0 Å². The third-order valence-electron chi connectivity index (χ3n) is 3.76. The van der Waals surface area contributed by atoms with Crippen LogP contribution in [-0.2, 0) is 13.0 Å². The molecule has 0 radical (unpaired) electrons. The van der Waals surface area contributed by atoms with Crippen LogP contribution in [0.4, 0.5) is 11.6 Å². The molecule has 1 aromatic heterocycles. The van der Waals surface area contributed by atoms with Gasteiger partial charge in [-0.1, -0.05) is 54.1 Å². The zero-order chi connectivity index (χ0) is 17.5. The summed E-state index contributed by atoms with van der Waals surface area (Å²) in [5, 5.41) is 7.47. The van der Waals surface area contributed by atoms with Crippen molar-refractivity contribution in [1.82, 2.24) is 9.97 Å². The fourth-order valence-electron chi connectivity index (χ4n) is 2.56. The highest BCUT2D eigenvalue weighted by Gasteiger charge is 2.02. The summed E-state index contributed by atoms with van der Waals surface area (Å²) in [6.07, 6.45) is 0.885. The number of anilines is 2. The van der Waals surface area contributed by atoms with E-state index in [1.165, 1.54) is 11.1 Å². The minimum absolute atomic E-state index is 0.735. The Morgan fingerprint density at radius 3 is 2.32 bits per heavy atom. The summed E-state index contributed by atoms with van der Waals surface area (Å²) in [6.45, 7) is 3.42. The number of rotatable bonds is 7. The maximum absolute atomic E-state index is 6.02. The van der Waals surface area contributed by atoms with E-state index in [-0.39, 0.29) is 0 Å². The van der Waals surface area contributed by atoms with E-state index in [4.69, 9.17) is 11.6 Å². The molecule has 0 aliphatic rings. The van der Waals surface area contributed by atoms with Gasteiger partial charge in [0.15, 0.2) is 0 Å². The standard InChI is InChI=1S/C20H21ClN4/c1-15-24-19(22-11-10-16-8-5-9-18(21)12-16)13-20(25-15)23-14-17-6-3-2-4-7-17/h2-9,12-13H,10-11,14H2,1H3,(H2,22,23,24,25). The quantitative estimate of drug-likeness (QED) is 0.646. The average molecular weight is 353 g/mol. The van der Waals surface area contributed by atoms with Crippen LogP contribution in [0.15, 0.2) is 60.7 Å². The Morgan fingerprint density at radius 1 is 0.840 bits per heavy atom. The van der Waals surface area contributed by atoms with Crippen molar-refractivity contribution in [2.75, 3.05) is 17.2 Å². The normalized spacial score (nSPS) is 10.5. The second-order valence-corrected chi connectivity index (χ2v) is 6.27. The summed E-state index contributed by atoms with van der Waals surface area (Å²) in [4.78, 5) is 8.90. The number of nitrogens with one attached hydrogen (secondary N) is 2. The molecule has 0 bridgehead atoms. The van der Waals surface area contributed by atoms with Crippen molar-refractivity contribution in [2.45, 2.75) is 19.9 Å². The van der Waals surface area contributed by atoms with Gasteiger partial charge in [-0.2, -0.15) is 0 Å². The summed E-state index contributed by atoms with van der Waals surface area (Å²) in [7, 11) is 0. The third kappa shape index (κ3) is 5.47. The predicted octanol–water partition coefficient (Wildman–Crippen LogP) is 4.71. The van der Waals surface area contributed by atoms with Gasteiger partial charge < -0.3 is 10.6 Å². The van der Waals surface area contributed by atoms with Crippen molar-refractivity contribution in [3.63, 3.8) is 0 Å². The Balaban J connectivity index is 1.57.